The van der Waals surface area contributed by atoms with Gasteiger partial charge in [-0.3, -0.25) is 0 Å². The molecule has 8 nitrogen and oxygen atoms in total. The van der Waals surface area contributed by atoms with Gasteiger partial charge >= 0.3 is 0 Å². The molecule has 4 atom stereocenters. The van der Waals surface area contributed by atoms with Crippen LogP contribution >= 0.6 is 0 Å². The maximum Gasteiger partial charge on any atom is 0.249 e. The molecule has 1 saturated heterocycles. The first kappa shape index (κ1) is 14.3. The molecule has 3 rings (SSSR count). The largest absolute Gasteiger partial charge is 0.394 e. The van der Waals surface area contributed by atoms with Crippen LogP contribution in [0.2, 0.25) is 0 Å². The van der Waals surface area contributed by atoms with Crippen molar-refractivity contribution in [3.8, 4) is 0 Å². The first-order chi connectivity index (χ1) is 9.83. The predicted octanol–water partition coefficient (Wildman–Crippen LogP) is -0.942. The Bertz CT molecular complexity index is 691. The zero-order valence-electron chi connectivity index (χ0n) is 11.4. The van der Waals surface area contributed by atoms with Gasteiger partial charge in [0.1, 0.15) is 24.2 Å². The minimum Gasteiger partial charge on any atom is -0.394 e. The van der Waals surface area contributed by atoms with Crippen molar-refractivity contribution in [1.29, 1.82) is 0 Å². The maximum atomic E-state index is 14.9. The molecule has 0 radical (unpaired) electrons. The van der Waals surface area contributed by atoms with Crippen LogP contribution in [0.4, 0.5) is 4.39 Å². The minimum atomic E-state index is -2.55. The molecule has 0 amide bonds. The van der Waals surface area contributed by atoms with Crippen LogP contribution in [-0.4, -0.2) is 59.4 Å². The molecule has 1 fully saturated rings. The molecule has 0 aliphatic carbocycles. The average Bonchev–Trinajstić information content (AvgIpc) is 2.95. The number of imidazole rings is 1. The predicted molar refractivity (Wildman–Crippen MR) is 66.9 cm³/mol. The highest BCUT2D eigenvalue weighted by molar-refractivity contribution is 5.44. The van der Waals surface area contributed by atoms with E-state index in [1.54, 1.807) is 6.92 Å². The number of hydrogen-bond donors (Lipinski definition) is 3. The fraction of sp³-hybridized carbons (Fsp3) is 0.583. The minimum absolute atomic E-state index is 0.0806. The number of ether oxygens (including phenoxy) is 1. The summed E-state index contributed by atoms with van der Waals surface area (Å²) in [5.41, 5.74) is -1.75. The summed E-state index contributed by atoms with van der Waals surface area (Å²) in [6, 6.07) is 0. The standard InChI is InChI=1S/C12H15FN4O4/c1-6-10-14-3-8(17(10)16-5-15-6)12(20)11(2,13)9(19)7(4-18)21-12/h3,5,7,9,18-20H,4H2,1-2H3/t7-,9-,11-,12?/m1/s1. The van der Waals surface area contributed by atoms with Gasteiger partial charge in [0, 0.05) is 0 Å². The van der Waals surface area contributed by atoms with Crippen molar-refractivity contribution in [2.24, 2.45) is 0 Å². The van der Waals surface area contributed by atoms with Gasteiger partial charge in [-0.25, -0.2) is 18.9 Å². The molecule has 3 N–H and O–H groups in total. The maximum absolute atomic E-state index is 14.9. The molecule has 0 spiro atoms. The highest BCUT2D eigenvalue weighted by Gasteiger charge is 2.66. The Morgan fingerprint density at radius 1 is 1.48 bits per heavy atom. The lowest BCUT2D eigenvalue weighted by molar-refractivity contribution is -0.256. The van der Waals surface area contributed by atoms with Gasteiger partial charge in [-0.05, 0) is 13.8 Å². The Labute approximate surface area is 118 Å². The van der Waals surface area contributed by atoms with E-state index in [1.807, 2.05) is 0 Å². The van der Waals surface area contributed by atoms with Gasteiger partial charge in [-0.2, -0.15) is 5.10 Å². The van der Waals surface area contributed by atoms with E-state index in [0.29, 0.717) is 11.3 Å². The van der Waals surface area contributed by atoms with Crippen LogP contribution < -0.4 is 0 Å². The molecule has 2 aromatic rings. The fourth-order valence-electron chi connectivity index (χ4n) is 2.56. The van der Waals surface area contributed by atoms with Gasteiger partial charge in [0.2, 0.25) is 5.79 Å². The molecular weight excluding hydrogens is 283 g/mol. The van der Waals surface area contributed by atoms with Crippen molar-refractivity contribution in [2.45, 2.75) is 37.5 Å². The molecule has 1 aliphatic rings. The molecule has 2 aromatic heterocycles. The number of fused-ring (bicyclic) bond motifs is 1. The SMILES string of the molecule is Cc1ncnn2c(C3(O)O[C@H](CO)[C@@H](O)[C@@]3(C)F)cnc12. The number of aliphatic hydroxyl groups is 3. The Balaban J connectivity index is 2.19. The van der Waals surface area contributed by atoms with E-state index in [2.05, 4.69) is 15.1 Å². The molecule has 21 heavy (non-hydrogen) atoms. The quantitative estimate of drug-likeness (QED) is 0.655. The first-order valence-electron chi connectivity index (χ1n) is 6.36. The van der Waals surface area contributed by atoms with Crippen LogP contribution in [0, 0.1) is 6.92 Å². The van der Waals surface area contributed by atoms with E-state index >= 15 is 0 Å². The summed E-state index contributed by atoms with van der Waals surface area (Å²) < 4.78 is 21.2. The van der Waals surface area contributed by atoms with E-state index < -0.39 is 30.3 Å². The number of rotatable bonds is 2. The number of alkyl halides is 1. The summed E-state index contributed by atoms with van der Waals surface area (Å²) in [4.78, 5) is 7.99. The zero-order valence-corrected chi connectivity index (χ0v) is 11.4. The molecule has 0 bridgehead atoms. The molecule has 9 heteroatoms. The molecule has 0 saturated carbocycles. The Hall–Kier alpha value is -1.68. The van der Waals surface area contributed by atoms with Crippen molar-refractivity contribution in [3.63, 3.8) is 0 Å². The number of aliphatic hydroxyl groups excluding tert-OH is 2. The second-order valence-electron chi connectivity index (χ2n) is 5.23. The van der Waals surface area contributed by atoms with Crippen LogP contribution in [0.3, 0.4) is 0 Å². The lowest BCUT2D eigenvalue weighted by Gasteiger charge is -2.31. The average molecular weight is 298 g/mol. The van der Waals surface area contributed by atoms with E-state index in [9.17, 15) is 14.6 Å². The van der Waals surface area contributed by atoms with Gasteiger partial charge in [-0.15, -0.1) is 0 Å². The van der Waals surface area contributed by atoms with Crippen LogP contribution in [0.1, 0.15) is 18.3 Å². The van der Waals surface area contributed by atoms with Gasteiger partial charge in [0.05, 0.1) is 18.5 Å². The number of nitrogens with zero attached hydrogens (tertiary/aromatic N) is 4. The Morgan fingerprint density at radius 3 is 2.81 bits per heavy atom. The molecule has 114 valence electrons. The van der Waals surface area contributed by atoms with Gasteiger partial charge in [0.15, 0.2) is 11.3 Å². The molecule has 3 heterocycles. The van der Waals surface area contributed by atoms with Crippen molar-refractivity contribution < 1.29 is 24.4 Å². The van der Waals surface area contributed by atoms with Gasteiger partial charge in [-0.1, -0.05) is 0 Å². The van der Waals surface area contributed by atoms with Crippen LogP contribution in [0.5, 0.6) is 0 Å². The summed E-state index contributed by atoms with van der Waals surface area (Å²) in [6.45, 7) is 2.06. The summed E-state index contributed by atoms with van der Waals surface area (Å²) in [5, 5.41) is 33.6. The number of halogens is 1. The highest BCUT2D eigenvalue weighted by Crippen LogP contribution is 2.47. The molecule has 0 aromatic carbocycles. The summed E-state index contributed by atoms with van der Waals surface area (Å²) >= 11 is 0. The highest BCUT2D eigenvalue weighted by atomic mass is 19.1. The van der Waals surface area contributed by atoms with Gasteiger partial charge in [0.25, 0.3) is 0 Å². The van der Waals surface area contributed by atoms with Crippen LogP contribution in [-0.2, 0) is 10.5 Å². The van der Waals surface area contributed by atoms with Crippen LogP contribution in [0.15, 0.2) is 12.5 Å². The lowest BCUT2D eigenvalue weighted by atomic mass is 9.90. The first-order valence-corrected chi connectivity index (χ1v) is 6.36. The third-order valence-corrected chi connectivity index (χ3v) is 3.90. The second-order valence-corrected chi connectivity index (χ2v) is 5.23. The summed E-state index contributed by atoms with van der Waals surface area (Å²) in [7, 11) is 0. The fourth-order valence-corrected chi connectivity index (χ4v) is 2.56. The van der Waals surface area contributed by atoms with Crippen molar-refractivity contribution in [3.05, 3.63) is 23.9 Å². The van der Waals surface area contributed by atoms with E-state index in [4.69, 9.17) is 9.84 Å². The molecule has 1 aliphatic heterocycles. The van der Waals surface area contributed by atoms with Crippen molar-refractivity contribution in [1.82, 2.24) is 19.6 Å². The van der Waals surface area contributed by atoms with Crippen LogP contribution in [0.25, 0.3) is 5.65 Å². The number of aromatic nitrogens is 4. The lowest BCUT2D eigenvalue weighted by Crippen LogP contribution is -2.49. The summed E-state index contributed by atoms with van der Waals surface area (Å²) in [6.07, 6.45) is -0.498. The Kier molecular flexibility index (Phi) is 2.99. The number of aryl methyl sites for hydroxylation is 1. The summed E-state index contributed by atoms with van der Waals surface area (Å²) in [5.74, 6) is -2.49. The van der Waals surface area contributed by atoms with Crippen molar-refractivity contribution >= 4 is 5.65 Å². The van der Waals surface area contributed by atoms with E-state index in [1.165, 1.54) is 17.0 Å². The molecular formula is C12H15FN4O4. The normalized spacial score (nSPS) is 36.5. The van der Waals surface area contributed by atoms with E-state index in [0.717, 1.165) is 6.92 Å². The second kappa shape index (κ2) is 4.41. The van der Waals surface area contributed by atoms with E-state index in [-0.39, 0.29) is 5.69 Å². The topological polar surface area (TPSA) is 113 Å². The third kappa shape index (κ3) is 1.72. The monoisotopic (exact) mass is 298 g/mol. The Morgan fingerprint density at radius 2 is 2.19 bits per heavy atom. The number of hydrogen-bond acceptors (Lipinski definition) is 7. The smallest absolute Gasteiger partial charge is 0.249 e. The van der Waals surface area contributed by atoms with Gasteiger partial charge < -0.3 is 20.1 Å². The zero-order chi connectivity index (χ0) is 15.4. The third-order valence-electron chi connectivity index (χ3n) is 3.90. The molecule has 1 unspecified atom stereocenters. The van der Waals surface area contributed by atoms with Crippen molar-refractivity contribution in [2.75, 3.05) is 6.61 Å².